The van der Waals surface area contributed by atoms with Crippen LogP contribution in [0.15, 0.2) is 53.7 Å². The van der Waals surface area contributed by atoms with Crippen LogP contribution in [0.1, 0.15) is 32.4 Å². The molecular weight excluding hydrogens is 416 g/mol. The molecule has 0 radical (unpaired) electrons. The largest absolute Gasteiger partial charge is 0.504 e. The number of aromatic hydroxyl groups is 1. The van der Waals surface area contributed by atoms with E-state index < -0.39 is 12.0 Å². The predicted molar refractivity (Wildman–Crippen MR) is 123 cm³/mol. The molecule has 0 bridgehead atoms. The average Bonchev–Trinajstić information content (AvgIpc) is 2.75. The number of methoxy groups -OCH3 is 1. The summed E-state index contributed by atoms with van der Waals surface area (Å²) < 4.78 is 16.1. The summed E-state index contributed by atoms with van der Waals surface area (Å²) >= 11 is 5.66. The number of nitrogens with one attached hydrogen (secondary N) is 1. The highest BCUT2D eigenvalue weighted by molar-refractivity contribution is 7.80. The first-order valence-electron chi connectivity index (χ1n) is 9.99. The van der Waals surface area contributed by atoms with Gasteiger partial charge in [-0.05, 0) is 75.0 Å². The van der Waals surface area contributed by atoms with Gasteiger partial charge in [-0.3, -0.25) is 4.90 Å². The first-order valence-corrected chi connectivity index (χ1v) is 10.4. The molecule has 0 amide bonds. The van der Waals surface area contributed by atoms with E-state index in [1.807, 2.05) is 38.1 Å². The van der Waals surface area contributed by atoms with Crippen LogP contribution in [-0.4, -0.2) is 36.5 Å². The number of rotatable bonds is 7. The highest BCUT2D eigenvalue weighted by Crippen LogP contribution is 2.37. The van der Waals surface area contributed by atoms with Crippen LogP contribution in [0.4, 0.5) is 5.69 Å². The molecular formula is C23H26N2O5S. The summed E-state index contributed by atoms with van der Waals surface area (Å²) in [5.74, 6) is 0.648. The number of nitrogens with zero attached hydrogens (tertiary/aromatic N) is 1. The van der Waals surface area contributed by atoms with Gasteiger partial charge in [0.25, 0.3) is 0 Å². The van der Waals surface area contributed by atoms with E-state index in [1.54, 1.807) is 37.1 Å². The monoisotopic (exact) mass is 442 g/mol. The van der Waals surface area contributed by atoms with E-state index in [1.165, 1.54) is 0 Å². The van der Waals surface area contributed by atoms with Crippen molar-refractivity contribution in [2.24, 2.45) is 0 Å². The second-order valence-corrected chi connectivity index (χ2v) is 7.18. The van der Waals surface area contributed by atoms with Crippen molar-refractivity contribution >= 4 is 29.0 Å². The van der Waals surface area contributed by atoms with E-state index in [0.29, 0.717) is 28.7 Å². The number of esters is 1. The Hall–Kier alpha value is -3.26. The van der Waals surface area contributed by atoms with Gasteiger partial charge < -0.3 is 24.6 Å². The van der Waals surface area contributed by atoms with Crippen molar-refractivity contribution in [3.63, 3.8) is 0 Å². The normalized spacial score (nSPS) is 16.1. The predicted octanol–water partition coefficient (Wildman–Crippen LogP) is 4.07. The molecule has 3 rings (SSSR count). The third-order valence-electron chi connectivity index (χ3n) is 4.93. The minimum atomic E-state index is -0.555. The maximum Gasteiger partial charge on any atom is 0.338 e. The van der Waals surface area contributed by atoms with Crippen molar-refractivity contribution in [1.82, 2.24) is 5.32 Å². The fraction of sp³-hybridized carbons (Fsp3) is 0.304. The van der Waals surface area contributed by atoms with Crippen LogP contribution in [0.25, 0.3) is 0 Å². The third kappa shape index (κ3) is 4.59. The van der Waals surface area contributed by atoms with Gasteiger partial charge in [-0.1, -0.05) is 6.07 Å². The Bertz CT molecular complexity index is 1000. The molecule has 2 aromatic rings. The van der Waals surface area contributed by atoms with Crippen LogP contribution >= 0.6 is 12.2 Å². The molecule has 164 valence electrons. The lowest BCUT2D eigenvalue weighted by molar-refractivity contribution is -0.139. The summed E-state index contributed by atoms with van der Waals surface area (Å²) in [6, 6.07) is 11.8. The van der Waals surface area contributed by atoms with Gasteiger partial charge in [-0.25, -0.2) is 4.79 Å². The summed E-state index contributed by atoms with van der Waals surface area (Å²) in [5.41, 5.74) is 2.60. The number of benzene rings is 2. The number of phenols is 1. The van der Waals surface area contributed by atoms with Crippen LogP contribution in [-0.2, 0) is 9.53 Å². The minimum absolute atomic E-state index is 0.0298. The quantitative estimate of drug-likeness (QED) is 0.491. The van der Waals surface area contributed by atoms with Gasteiger partial charge in [0.1, 0.15) is 5.75 Å². The standard InChI is InChI=1S/C23H26N2O5S/c1-5-29-19-13-15(7-12-18(19)26)21-20(22(27)30-6-2)14(3)25(23(31)24-21)16-8-10-17(28-4)11-9-16/h7-13,21,26H,5-6H2,1-4H3,(H,24,31). The summed E-state index contributed by atoms with van der Waals surface area (Å²) in [4.78, 5) is 14.8. The van der Waals surface area contributed by atoms with Crippen LogP contribution in [0.2, 0.25) is 0 Å². The molecule has 0 fully saturated rings. The van der Waals surface area contributed by atoms with Crippen molar-refractivity contribution in [2.45, 2.75) is 26.8 Å². The van der Waals surface area contributed by atoms with Gasteiger partial charge in [0, 0.05) is 11.4 Å². The van der Waals surface area contributed by atoms with Crippen LogP contribution in [0, 0.1) is 0 Å². The number of allylic oxidation sites excluding steroid dienone is 1. The molecule has 8 heteroatoms. The summed E-state index contributed by atoms with van der Waals surface area (Å²) in [5, 5.41) is 13.8. The average molecular weight is 443 g/mol. The summed E-state index contributed by atoms with van der Waals surface area (Å²) in [6.07, 6.45) is 0. The lowest BCUT2D eigenvalue weighted by Gasteiger charge is -2.37. The first kappa shape index (κ1) is 22.4. The van der Waals surface area contributed by atoms with Crippen molar-refractivity contribution in [2.75, 3.05) is 25.2 Å². The molecule has 1 aliphatic heterocycles. The van der Waals surface area contributed by atoms with E-state index in [-0.39, 0.29) is 12.4 Å². The zero-order valence-corrected chi connectivity index (χ0v) is 18.8. The number of anilines is 1. The number of thiocarbonyl (C=S) groups is 1. The Morgan fingerprint density at radius 1 is 1.16 bits per heavy atom. The molecule has 0 saturated carbocycles. The van der Waals surface area contributed by atoms with Gasteiger partial charge in [0.15, 0.2) is 16.6 Å². The van der Waals surface area contributed by atoms with Crippen molar-refractivity contribution < 1.29 is 24.1 Å². The second-order valence-electron chi connectivity index (χ2n) is 6.80. The zero-order valence-electron chi connectivity index (χ0n) is 18.0. The molecule has 7 nitrogen and oxygen atoms in total. The number of carbonyl (C=O) groups excluding carboxylic acids is 1. The number of hydrogen-bond acceptors (Lipinski definition) is 6. The number of ether oxygens (including phenoxy) is 3. The van der Waals surface area contributed by atoms with Gasteiger partial charge in [0.05, 0.1) is 31.9 Å². The fourth-order valence-corrected chi connectivity index (χ4v) is 3.85. The van der Waals surface area contributed by atoms with Crippen molar-refractivity contribution in [3.8, 4) is 17.2 Å². The molecule has 1 atom stereocenters. The SMILES string of the molecule is CCOC(=O)C1=C(C)N(c2ccc(OC)cc2)C(=S)NC1c1ccc(O)c(OCC)c1. The maximum atomic E-state index is 13.0. The van der Waals surface area contributed by atoms with Gasteiger partial charge in [-0.15, -0.1) is 0 Å². The highest BCUT2D eigenvalue weighted by Gasteiger charge is 2.35. The van der Waals surface area contributed by atoms with E-state index in [2.05, 4.69) is 5.32 Å². The maximum absolute atomic E-state index is 13.0. The highest BCUT2D eigenvalue weighted by atomic mass is 32.1. The molecule has 31 heavy (non-hydrogen) atoms. The van der Waals surface area contributed by atoms with Crippen molar-refractivity contribution in [3.05, 3.63) is 59.3 Å². The van der Waals surface area contributed by atoms with Gasteiger partial charge >= 0.3 is 5.97 Å². The molecule has 1 unspecified atom stereocenters. The number of phenolic OH excluding ortho intramolecular Hbond substituents is 1. The smallest absolute Gasteiger partial charge is 0.338 e. The molecule has 0 aromatic heterocycles. The molecule has 0 spiro atoms. The Labute approximate surface area is 187 Å². The van der Waals surface area contributed by atoms with Gasteiger partial charge in [-0.2, -0.15) is 0 Å². The Morgan fingerprint density at radius 3 is 2.48 bits per heavy atom. The molecule has 0 aliphatic carbocycles. The summed E-state index contributed by atoms with van der Waals surface area (Å²) in [6.45, 7) is 6.08. The fourth-order valence-electron chi connectivity index (χ4n) is 3.49. The molecule has 2 aromatic carbocycles. The molecule has 2 N–H and O–H groups in total. The third-order valence-corrected chi connectivity index (χ3v) is 5.23. The second kappa shape index (κ2) is 9.70. The number of hydrogen-bond donors (Lipinski definition) is 2. The van der Waals surface area contributed by atoms with Crippen molar-refractivity contribution in [1.29, 1.82) is 0 Å². The summed E-state index contributed by atoms with van der Waals surface area (Å²) in [7, 11) is 1.60. The van der Waals surface area contributed by atoms with E-state index >= 15 is 0 Å². The van der Waals surface area contributed by atoms with E-state index in [0.717, 1.165) is 17.0 Å². The Morgan fingerprint density at radius 2 is 1.87 bits per heavy atom. The minimum Gasteiger partial charge on any atom is -0.504 e. The molecule has 0 saturated heterocycles. The zero-order chi connectivity index (χ0) is 22.5. The van der Waals surface area contributed by atoms with Gasteiger partial charge in [0.2, 0.25) is 0 Å². The Kier molecular flexibility index (Phi) is 7.02. The molecule has 1 aliphatic rings. The number of carbonyl (C=O) groups is 1. The van der Waals surface area contributed by atoms with Crippen LogP contribution in [0.5, 0.6) is 17.2 Å². The molecule has 1 heterocycles. The first-order chi connectivity index (χ1) is 14.9. The lowest BCUT2D eigenvalue weighted by Crippen LogP contribution is -2.48. The topological polar surface area (TPSA) is 80.3 Å². The van der Waals surface area contributed by atoms with Crippen LogP contribution in [0.3, 0.4) is 0 Å². The van der Waals surface area contributed by atoms with E-state index in [4.69, 9.17) is 26.4 Å². The van der Waals surface area contributed by atoms with Crippen LogP contribution < -0.4 is 19.7 Å². The lowest BCUT2D eigenvalue weighted by atomic mass is 9.94. The Balaban J connectivity index is 2.10. The van der Waals surface area contributed by atoms with E-state index in [9.17, 15) is 9.90 Å².